The van der Waals surface area contributed by atoms with E-state index in [2.05, 4.69) is 19.2 Å². The number of carbonyl (C=O) groups is 2. The topological polar surface area (TPSA) is 81.4 Å². The molecule has 2 aromatic rings. The Kier molecular flexibility index (Phi) is 13.6. The molecular weight excluding hydrogens is 395 g/mol. The third-order valence-electron chi connectivity index (χ3n) is 4.16. The van der Waals surface area contributed by atoms with Crippen LogP contribution in [0.2, 0.25) is 0 Å². The minimum absolute atomic E-state index is 0. The van der Waals surface area contributed by atoms with E-state index in [1.807, 2.05) is 58.0 Å². The molecule has 0 saturated heterocycles. The quantitative estimate of drug-likeness (QED) is 0.620. The first-order chi connectivity index (χ1) is 15.0. The zero-order valence-electron chi connectivity index (χ0n) is 19.8. The van der Waals surface area contributed by atoms with Crippen molar-refractivity contribution in [3.05, 3.63) is 64.7 Å². The number of alkyl halides is 1. The molecular formula is C25H41FN2O3. The van der Waals surface area contributed by atoms with Gasteiger partial charge < -0.3 is 15.8 Å². The molecule has 0 radical (unpaired) electrons. The number of rotatable bonds is 4. The summed E-state index contributed by atoms with van der Waals surface area (Å²) in [6.07, 6.45) is 0.494. The molecule has 0 unspecified atom stereocenters. The van der Waals surface area contributed by atoms with Crippen molar-refractivity contribution in [1.82, 2.24) is 5.32 Å². The Balaban J connectivity index is -0.000000906. The summed E-state index contributed by atoms with van der Waals surface area (Å²) in [7, 11) is 1.47. The van der Waals surface area contributed by atoms with Gasteiger partial charge in [-0.3, -0.25) is 9.59 Å². The predicted molar refractivity (Wildman–Crippen MR) is 130 cm³/mol. The first-order valence-corrected chi connectivity index (χ1v) is 11.0. The van der Waals surface area contributed by atoms with Gasteiger partial charge in [0.25, 0.3) is 5.91 Å². The van der Waals surface area contributed by atoms with Crippen molar-refractivity contribution < 1.29 is 21.6 Å². The van der Waals surface area contributed by atoms with Gasteiger partial charge in [-0.15, -0.1) is 0 Å². The van der Waals surface area contributed by atoms with E-state index in [1.54, 1.807) is 6.07 Å². The molecule has 1 heterocycles. The highest BCUT2D eigenvalue weighted by atomic mass is 19.1. The Morgan fingerprint density at radius 1 is 1.10 bits per heavy atom. The van der Waals surface area contributed by atoms with Crippen molar-refractivity contribution in [3.8, 4) is 5.75 Å². The smallest absolute Gasteiger partial charge is 0.254 e. The SMILES string of the molecule is CC.CC.CCC.CNC(=O)c1cc(C(N)=O)cc2c1O[C@H](CF)[C@H]2c1ccccc1.[HH].[HH]. The summed E-state index contributed by atoms with van der Waals surface area (Å²) in [4.78, 5) is 23.8. The average molecular weight is 437 g/mol. The van der Waals surface area contributed by atoms with E-state index in [4.69, 9.17) is 10.5 Å². The number of primary amides is 1. The van der Waals surface area contributed by atoms with Crippen LogP contribution >= 0.6 is 0 Å². The number of carbonyl (C=O) groups excluding carboxylic acids is 2. The summed E-state index contributed by atoms with van der Waals surface area (Å²) in [5.41, 5.74) is 7.20. The van der Waals surface area contributed by atoms with Gasteiger partial charge in [0.2, 0.25) is 5.91 Å². The van der Waals surface area contributed by atoms with E-state index in [1.165, 1.54) is 19.5 Å². The van der Waals surface area contributed by atoms with Crippen LogP contribution in [0.4, 0.5) is 4.39 Å². The highest BCUT2D eigenvalue weighted by Crippen LogP contribution is 2.45. The average Bonchev–Trinajstić information content (AvgIpc) is 3.20. The van der Waals surface area contributed by atoms with Crippen molar-refractivity contribution in [2.75, 3.05) is 13.7 Å². The van der Waals surface area contributed by atoms with Crippen LogP contribution in [0, 0.1) is 0 Å². The molecule has 5 nitrogen and oxygen atoms in total. The molecule has 2 aromatic carbocycles. The highest BCUT2D eigenvalue weighted by Gasteiger charge is 2.38. The van der Waals surface area contributed by atoms with Crippen molar-refractivity contribution in [2.45, 2.75) is 60.0 Å². The van der Waals surface area contributed by atoms with Crippen LogP contribution < -0.4 is 15.8 Å². The molecule has 0 spiro atoms. The lowest BCUT2D eigenvalue weighted by Gasteiger charge is -2.16. The summed E-state index contributed by atoms with van der Waals surface area (Å²) in [5.74, 6) is -1.18. The number of nitrogens with one attached hydrogen (secondary N) is 1. The van der Waals surface area contributed by atoms with Crippen LogP contribution in [0.3, 0.4) is 0 Å². The maximum Gasteiger partial charge on any atom is 0.254 e. The van der Waals surface area contributed by atoms with Gasteiger partial charge in [-0.25, -0.2) is 4.39 Å². The standard InChI is InChI=1S/C18H17FN2O3.C3H8.2C2H6.2H2/c1-21-18(23)13-8-11(17(20)22)7-12-15(10-5-3-2-4-6-10)14(9-19)24-16(12)13;1-3-2;2*1-2;;/h2-8,14-15H,9H2,1H3,(H2,20,22)(H,21,23);3H2,1-2H3;2*1-2H3;2*1H/t14-,15+;;;;;/m1...../s1. The fourth-order valence-corrected chi connectivity index (χ4v) is 3.05. The second-order valence-corrected chi connectivity index (χ2v) is 6.29. The molecule has 6 heteroatoms. The van der Waals surface area contributed by atoms with Crippen LogP contribution in [0.5, 0.6) is 5.75 Å². The number of nitrogens with two attached hydrogens (primary N) is 1. The normalized spacial score (nSPS) is 15.4. The van der Waals surface area contributed by atoms with Crippen LogP contribution in [0.15, 0.2) is 42.5 Å². The maximum absolute atomic E-state index is 13.6. The van der Waals surface area contributed by atoms with E-state index >= 15 is 0 Å². The molecule has 2 amide bonds. The molecule has 0 aromatic heterocycles. The minimum atomic E-state index is -0.756. The third-order valence-corrected chi connectivity index (χ3v) is 4.16. The van der Waals surface area contributed by atoms with Crippen molar-refractivity contribution in [1.29, 1.82) is 0 Å². The van der Waals surface area contributed by atoms with Gasteiger partial charge in [-0.2, -0.15) is 0 Å². The number of fused-ring (bicyclic) bond motifs is 1. The maximum atomic E-state index is 13.6. The second-order valence-electron chi connectivity index (χ2n) is 6.29. The molecule has 0 aliphatic carbocycles. The molecule has 0 saturated carbocycles. The Hall–Kier alpha value is -2.89. The number of hydrogen-bond donors (Lipinski definition) is 2. The predicted octanol–water partition coefficient (Wildman–Crippen LogP) is 5.97. The summed E-state index contributed by atoms with van der Waals surface area (Å²) in [6, 6.07) is 12.2. The van der Waals surface area contributed by atoms with Crippen LogP contribution in [0.1, 0.15) is 88.6 Å². The number of halogens is 1. The van der Waals surface area contributed by atoms with Crippen LogP contribution in [-0.4, -0.2) is 31.6 Å². The van der Waals surface area contributed by atoms with Crippen molar-refractivity contribution in [2.24, 2.45) is 5.73 Å². The van der Waals surface area contributed by atoms with Gasteiger partial charge in [0, 0.05) is 21.0 Å². The lowest BCUT2D eigenvalue weighted by Crippen LogP contribution is -2.22. The Bertz CT molecular complexity index is 821. The van der Waals surface area contributed by atoms with Gasteiger partial charge >= 0.3 is 0 Å². The Labute approximate surface area is 189 Å². The first-order valence-electron chi connectivity index (χ1n) is 11.0. The lowest BCUT2D eigenvalue weighted by atomic mass is 9.86. The van der Waals surface area contributed by atoms with E-state index in [0.29, 0.717) is 11.3 Å². The third kappa shape index (κ3) is 7.09. The van der Waals surface area contributed by atoms with Crippen molar-refractivity contribution in [3.63, 3.8) is 0 Å². The zero-order chi connectivity index (χ0) is 24.0. The van der Waals surface area contributed by atoms with Gasteiger partial charge in [0.15, 0.2) is 0 Å². The molecule has 3 rings (SSSR count). The zero-order valence-corrected chi connectivity index (χ0v) is 19.8. The summed E-state index contributed by atoms with van der Waals surface area (Å²) in [5, 5.41) is 2.50. The summed E-state index contributed by atoms with van der Waals surface area (Å²) in [6.45, 7) is 11.5. The van der Waals surface area contributed by atoms with Crippen LogP contribution in [-0.2, 0) is 0 Å². The Morgan fingerprint density at radius 3 is 2.10 bits per heavy atom. The second kappa shape index (κ2) is 15.0. The fraction of sp³-hybridized carbons (Fsp3) is 0.440. The highest BCUT2D eigenvalue weighted by molar-refractivity contribution is 6.02. The molecule has 3 N–H and O–H groups in total. The van der Waals surface area contributed by atoms with Crippen LogP contribution in [0.25, 0.3) is 0 Å². The lowest BCUT2D eigenvalue weighted by molar-refractivity contribution is 0.0955. The molecule has 2 atom stereocenters. The van der Waals surface area contributed by atoms with E-state index in [9.17, 15) is 14.0 Å². The van der Waals surface area contributed by atoms with E-state index in [0.717, 1.165) is 5.56 Å². The monoisotopic (exact) mass is 436 g/mol. The number of ether oxygens (including phenoxy) is 1. The van der Waals surface area contributed by atoms with Gasteiger partial charge in [0.05, 0.1) is 11.5 Å². The molecule has 176 valence electrons. The first kappa shape index (κ1) is 28.1. The van der Waals surface area contributed by atoms with Gasteiger partial charge in [-0.05, 0) is 17.7 Å². The summed E-state index contributed by atoms with van der Waals surface area (Å²) >= 11 is 0. The number of amides is 2. The molecule has 1 aliphatic heterocycles. The van der Waals surface area contributed by atoms with E-state index < -0.39 is 30.5 Å². The van der Waals surface area contributed by atoms with Gasteiger partial charge in [0.1, 0.15) is 18.5 Å². The summed E-state index contributed by atoms with van der Waals surface area (Å²) < 4.78 is 19.3. The van der Waals surface area contributed by atoms with Gasteiger partial charge in [-0.1, -0.05) is 78.3 Å². The largest absolute Gasteiger partial charge is 0.486 e. The molecule has 0 bridgehead atoms. The molecule has 1 aliphatic rings. The molecule has 31 heavy (non-hydrogen) atoms. The number of hydrogen-bond acceptors (Lipinski definition) is 3. The minimum Gasteiger partial charge on any atom is -0.486 e. The van der Waals surface area contributed by atoms with E-state index in [-0.39, 0.29) is 14.0 Å². The fourth-order valence-electron chi connectivity index (χ4n) is 3.05. The molecule has 0 fully saturated rings. The van der Waals surface area contributed by atoms with Crippen molar-refractivity contribution >= 4 is 11.8 Å². The number of benzene rings is 2. The Morgan fingerprint density at radius 2 is 1.65 bits per heavy atom.